The van der Waals surface area contributed by atoms with Crippen molar-refractivity contribution in [1.29, 1.82) is 0 Å². The molecule has 1 aromatic heterocycles. The molecule has 1 atom stereocenters. The number of nitrogens with zero attached hydrogens (tertiary/aromatic N) is 2. The zero-order chi connectivity index (χ0) is 17.5. The number of hydrogen-bond donors (Lipinski definition) is 2. The monoisotopic (exact) mass is 360 g/mol. The fourth-order valence-electron chi connectivity index (χ4n) is 3.20. The summed E-state index contributed by atoms with van der Waals surface area (Å²) in [6, 6.07) is 9.73. The molecule has 2 heterocycles. The minimum atomic E-state index is -3.33. The normalized spacial score (nSPS) is 17.1. The molecule has 1 fully saturated rings. The number of aryl methyl sites for hydroxylation is 1. The summed E-state index contributed by atoms with van der Waals surface area (Å²) in [4.78, 5) is 8.22. The van der Waals surface area contributed by atoms with Gasteiger partial charge in [-0.3, -0.25) is 4.98 Å². The van der Waals surface area contributed by atoms with Gasteiger partial charge < -0.3 is 10.6 Å². The van der Waals surface area contributed by atoms with Crippen LogP contribution in [0.25, 0.3) is 0 Å². The molecule has 2 N–H and O–H groups in total. The number of aromatic nitrogens is 2. The summed E-state index contributed by atoms with van der Waals surface area (Å²) < 4.78 is 26.2. The summed E-state index contributed by atoms with van der Waals surface area (Å²) in [6.07, 6.45) is 6.91. The maximum absolute atomic E-state index is 13.1. The van der Waals surface area contributed by atoms with Crippen molar-refractivity contribution in [2.45, 2.75) is 24.6 Å². The highest BCUT2D eigenvalue weighted by Gasteiger charge is 2.34. The van der Waals surface area contributed by atoms with Crippen LogP contribution < -0.4 is 10.6 Å². The van der Waals surface area contributed by atoms with E-state index in [0.29, 0.717) is 12.2 Å². The van der Waals surface area contributed by atoms with Crippen LogP contribution in [0.3, 0.4) is 0 Å². The van der Waals surface area contributed by atoms with Gasteiger partial charge in [0.2, 0.25) is 0 Å². The molecule has 6 nitrogen and oxygen atoms in total. The van der Waals surface area contributed by atoms with Crippen LogP contribution in [-0.4, -0.2) is 42.6 Å². The van der Waals surface area contributed by atoms with Gasteiger partial charge in [-0.25, -0.2) is 13.4 Å². The van der Waals surface area contributed by atoms with E-state index in [-0.39, 0.29) is 11.7 Å². The molecule has 0 bridgehead atoms. The minimum absolute atomic E-state index is 0.0732. The van der Waals surface area contributed by atoms with Crippen LogP contribution in [0.5, 0.6) is 0 Å². The Morgan fingerprint density at radius 3 is 2.60 bits per heavy atom. The Hall–Kier alpha value is -1.99. The third kappa shape index (κ3) is 4.99. The van der Waals surface area contributed by atoms with E-state index in [2.05, 4.69) is 20.6 Å². The van der Waals surface area contributed by atoms with Gasteiger partial charge in [0, 0.05) is 12.4 Å². The highest BCUT2D eigenvalue weighted by molar-refractivity contribution is 7.92. The van der Waals surface area contributed by atoms with Crippen LogP contribution in [0.4, 0.5) is 5.82 Å². The minimum Gasteiger partial charge on any atom is -0.352 e. The Morgan fingerprint density at radius 2 is 1.92 bits per heavy atom. The van der Waals surface area contributed by atoms with Gasteiger partial charge >= 0.3 is 0 Å². The van der Waals surface area contributed by atoms with Gasteiger partial charge in [-0.1, -0.05) is 30.3 Å². The first-order valence-corrected chi connectivity index (χ1v) is 10.4. The molecule has 134 valence electrons. The molecule has 2 aromatic rings. The van der Waals surface area contributed by atoms with Gasteiger partial charge in [0.15, 0.2) is 9.84 Å². The van der Waals surface area contributed by atoms with Crippen molar-refractivity contribution in [1.82, 2.24) is 15.3 Å². The van der Waals surface area contributed by atoms with Gasteiger partial charge in [0.1, 0.15) is 11.2 Å². The number of nitrogens with one attached hydrogen (secondary N) is 2. The Kier molecular flexibility index (Phi) is 5.99. The molecule has 0 spiro atoms. The predicted octanol–water partition coefficient (Wildman–Crippen LogP) is 1.87. The first-order chi connectivity index (χ1) is 12.1. The van der Waals surface area contributed by atoms with E-state index in [1.165, 1.54) is 0 Å². The van der Waals surface area contributed by atoms with Crippen molar-refractivity contribution in [2.75, 3.05) is 24.2 Å². The zero-order valence-corrected chi connectivity index (χ0v) is 15.0. The van der Waals surface area contributed by atoms with Gasteiger partial charge in [0.05, 0.1) is 11.9 Å². The van der Waals surface area contributed by atoms with E-state index in [9.17, 15) is 8.42 Å². The first-order valence-electron chi connectivity index (χ1n) is 8.64. The molecule has 1 aliphatic heterocycles. The number of benzene rings is 1. The molecular formula is C18H24N4O2S. The predicted molar refractivity (Wildman–Crippen MR) is 99.0 cm³/mol. The summed E-state index contributed by atoms with van der Waals surface area (Å²) in [6.45, 7) is 1.69. The molecule has 1 saturated heterocycles. The lowest BCUT2D eigenvalue weighted by molar-refractivity contribution is 0.367. The van der Waals surface area contributed by atoms with E-state index in [0.717, 1.165) is 31.5 Å². The van der Waals surface area contributed by atoms with Gasteiger partial charge in [-0.2, -0.15) is 0 Å². The highest BCUT2D eigenvalue weighted by atomic mass is 32.2. The summed E-state index contributed by atoms with van der Waals surface area (Å²) in [7, 11) is -3.33. The van der Waals surface area contributed by atoms with Gasteiger partial charge in [-0.15, -0.1) is 0 Å². The number of hydrogen-bond acceptors (Lipinski definition) is 6. The van der Waals surface area contributed by atoms with Crippen molar-refractivity contribution in [3.63, 3.8) is 0 Å². The van der Waals surface area contributed by atoms with Crippen LogP contribution in [0.1, 0.15) is 18.4 Å². The first kappa shape index (κ1) is 17.8. The quantitative estimate of drug-likeness (QED) is 0.784. The van der Waals surface area contributed by atoms with Crippen molar-refractivity contribution < 1.29 is 8.42 Å². The van der Waals surface area contributed by atoms with Crippen molar-refractivity contribution >= 4 is 15.7 Å². The van der Waals surface area contributed by atoms with Crippen LogP contribution in [0.2, 0.25) is 0 Å². The van der Waals surface area contributed by atoms with E-state index in [4.69, 9.17) is 0 Å². The third-order valence-corrected chi connectivity index (χ3v) is 6.62. The fraction of sp³-hybridized carbons (Fsp3) is 0.444. The highest BCUT2D eigenvalue weighted by Crippen LogP contribution is 2.24. The van der Waals surface area contributed by atoms with Crippen LogP contribution in [-0.2, 0) is 16.3 Å². The van der Waals surface area contributed by atoms with E-state index in [1.807, 2.05) is 30.3 Å². The molecule has 0 radical (unpaired) electrons. The average Bonchev–Trinajstić information content (AvgIpc) is 2.67. The standard InChI is InChI=1S/C18H24N4O2S/c23-25(24,13-8-15-4-2-1-3-5-15)18(16-6-9-19-10-7-16)22-17-14-20-11-12-21-17/h1-5,11-12,14,16,18-19H,6-10,13H2,(H,21,22). The zero-order valence-electron chi connectivity index (χ0n) is 14.1. The van der Waals surface area contributed by atoms with E-state index in [1.54, 1.807) is 18.6 Å². The third-order valence-electron chi connectivity index (χ3n) is 4.57. The Labute approximate surface area is 149 Å². The molecule has 3 rings (SSSR count). The second-order valence-corrected chi connectivity index (χ2v) is 8.59. The van der Waals surface area contributed by atoms with Crippen LogP contribution in [0.15, 0.2) is 48.9 Å². The molecule has 0 amide bonds. The molecule has 1 aromatic carbocycles. The Balaban J connectivity index is 1.76. The lowest BCUT2D eigenvalue weighted by Crippen LogP contribution is -2.43. The number of piperidine rings is 1. The van der Waals surface area contributed by atoms with Crippen molar-refractivity contribution in [3.8, 4) is 0 Å². The molecule has 1 aliphatic rings. The molecule has 0 saturated carbocycles. The van der Waals surface area contributed by atoms with Crippen molar-refractivity contribution in [2.24, 2.45) is 5.92 Å². The summed E-state index contributed by atoms with van der Waals surface area (Å²) in [5, 5.41) is 5.80. The summed E-state index contributed by atoms with van der Waals surface area (Å²) in [5.74, 6) is 0.706. The SMILES string of the molecule is O=S(=O)(CCc1ccccc1)C(Nc1cnccn1)C1CCNCC1. The Morgan fingerprint density at radius 1 is 1.16 bits per heavy atom. The van der Waals surface area contributed by atoms with E-state index < -0.39 is 15.2 Å². The topological polar surface area (TPSA) is 84.0 Å². The van der Waals surface area contributed by atoms with Crippen LogP contribution in [0, 0.1) is 5.92 Å². The molecule has 25 heavy (non-hydrogen) atoms. The lowest BCUT2D eigenvalue weighted by Gasteiger charge is -2.31. The van der Waals surface area contributed by atoms with Gasteiger partial charge in [0.25, 0.3) is 0 Å². The lowest BCUT2D eigenvalue weighted by atomic mass is 9.98. The fourth-order valence-corrected chi connectivity index (χ4v) is 5.13. The summed E-state index contributed by atoms with van der Waals surface area (Å²) in [5.41, 5.74) is 1.04. The average molecular weight is 360 g/mol. The molecule has 7 heteroatoms. The van der Waals surface area contributed by atoms with Crippen molar-refractivity contribution in [3.05, 3.63) is 54.5 Å². The van der Waals surface area contributed by atoms with Gasteiger partial charge in [-0.05, 0) is 43.8 Å². The maximum atomic E-state index is 13.1. The largest absolute Gasteiger partial charge is 0.352 e. The molecule has 1 unspecified atom stereocenters. The van der Waals surface area contributed by atoms with Crippen LogP contribution >= 0.6 is 0 Å². The molecular weight excluding hydrogens is 336 g/mol. The van der Waals surface area contributed by atoms with E-state index >= 15 is 0 Å². The second-order valence-electron chi connectivity index (χ2n) is 6.35. The summed E-state index contributed by atoms with van der Waals surface area (Å²) >= 11 is 0. The second kappa shape index (κ2) is 8.40. The maximum Gasteiger partial charge on any atom is 0.171 e. The molecule has 0 aliphatic carbocycles. The number of rotatable bonds is 7. The smallest absolute Gasteiger partial charge is 0.171 e. The number of anilines is 1. The number of sulfone groups is 1. The Bertz CT molecular complexity index is 747.